The van der Waals surface area contributed by atoms with Gasteiger partial charge in [-0.05, 0) is 32.9 Å². The molecule has 0 aliphatic rings. The molecule has 0 atom stereocenters. The third kappa shape index (κ3) is 6.08. The van der Waals surface area contributed by atoms with Gasteiger partial charge in [0.15, 0.2) is 0 Å². The average molecular weight is 299 g/mol. The SMILES string of the molecule is CC(C)(C)OCCOc1c(Cl)cccc1/C=C/C(=O)O. The van der Waals surface area contributed by atoms with Crippen LogP contribution in [-0.2, 0) is 9.53 Å². The maximum Gasteiger partial charge on any atom is 0.328 e. The van der Waals surface area contributed by atoms with E-state index in [1.165, 1.54) is 6.08 Å². The molecule has 0 aliphatic carbocycles. The first-order valence-corrected chi connectivity index (χ1v) is 6.63. The molecule has 20 heavy (non-hydrogen) atoms. The van der Waals surface area contributed by atoms with Crippen LogP contribution in [0.2, 0.25) is 5.02 Å². The van der Waals surface area contributed by atoms with E-state index in [1.54, 1.807) is 18.2 Å². The van der Waals surface area contributed by atoms with Gasteiger partial charge in [-0.2, -0.15) is 0 Å². The molecule has 0 saturated heterocycles. The Bertz CT molecular complexity index is 489. The van der Waals surface area contributed by atoms with E-state index in [4.69, 9.17) is 26.2 Å². The highest BCUT2D eigenvalue weighted by atomic mass is 35.5. The zero-order valence-electron chi connectivity index (χ0n) is 11.9. The zero-order chi connectivity index (χ0) is 15.2. The van der Waals surface area contributed by atoms with E-state index in [0.717, 1.165) is 6.08 Å². The highest BCUT2D eigenvalue weighted by Crippen LogP contribution is 2.29. The number of halogens is 1. The highest BCUT2D eigenvalue weighted by Gasteiger charge is 2.11. The largest absolute Gasteiger partial charge is 0.489 e. The molecule has 5 heteroatoms. The Morgan fingerprint density at radius 2 is 2.05 bits per heavy atom. The number of hydrogen-bond acceptors (Lipinski definition) is 3. The van der Waals surface area contributed by atoms with Crippen LogP contribution >= 0.6 is 11.6 Å². The van der Waals surface area contributed by atoms with Crippen molar-refractivity contribution in [3.05, 3.63) is 34.9 Å². The number of aliphatic carboxylic acids is 1. The molecule has 0 spiro atoms. The van der Waals surface area contributed by atoms with Crippen LogP contribution in [0.15, 0.2) is 24.3 Å². The van der Waals surface area contributed by atoms with Gasteiger partial charge in [-0.3, -0.25) is 0 Å². The monoisotopic (exact) mass is 298 g/mol. The average Bonchev–Trinajstić information content (AvgIpc) is 2.32. The van der Waals surface area contributed by atoms with Gasteiger partial charge in [-0.25, -0.2) is 4.79 Å². The van der Waals surface area contributed by atoms with Crippen molar-refractivity contribution in [3.63, 3.8) is 0 Å². The Kier molecular flexibility index (Phi) is 6.05. The summed E-state index contributed by atoms with van der Waals surface area (Å²) < 4.78 is 11.1. The molecule has 0 radical (unpaired) electrons. The van der Waals surface area contributed by atoms with Crippen LogP contribution in [0, 0.1) is 0 Å². The molecule has 1 aromatic rings. The molecule has 0 unspecified atom stereocenters. The molecule has 1 N–H and O–H groups in total. The van der Waals surface area contributed by atoms with Crippen molar-refractivity contribution in [1.82, 2.24) is 0 Å². The van der Waals surface area contributed by atoms with Crippen molar-refractivity contribution in [2.24, 2.45) is 0 Å². The topological polar surface area (TPSA) is 55.8 Å². The van der Waals surface area contributed by atoms with Gasteiger partial charge in [-0.1, -0.05) is 23.7 Å². The predicted molar refractivity (Wildman–Crippen MR) is 79.3 cm³/mol. The van der Waals surface area contributed by atoms with E-state index < -0.39 is 5.97 Å². The first-order valence-electron chi connectivity index (χ1n) is 6.26. The summed E-state index contributed by atoms with van der Waals surface area (Å²) in [5, 5.41) is 9.10. The van der Waals surface area contributed by atoms with E-state index in [9.17, 15) is 4.79 Å². The lowest BCUT2D eigenvalue weighted by Crippen LogP contribution is -2.22. The van der Waals surface area contributed by atoms with Crippen LogP contribution in [0.1, 0.15) is 26.3 Å². The van der Waals surface area contributed by atoms with Gasteiger partial charge >= 0.3 is 5.97 Å². The number of ether oxygens (including phenoxy) is 2. The van der Waals surface area contributed by atoms with Crippen molar-refractivity contribution in [2.45, 2.75) is 26.4 Å². The van der Waals surface area contributed by atoms with Gasteiger partial charge in [0.05, 0.1) is 17.2 Å². The normalized spacial score (nSPS) is 11.8. The van der Waals surface area contributed by atoms with Gasteiger partial charge in [0, 0.05) is 11.6 Å². The van der Waals surface area contributed by atoms with E-state index in [1.807, 2.05) is 20.8 Å². The van der Waals surface area contributed by atoms with E-state index in [2.05, 4.69) is 0 Å². The summed E-state index contributed by atoms with van der Waals surface area (Å²) in [7, 11) is 0. The fourth-order valence-electron chi connectivity index (χ4n) is 1.46. The maximum atomic E-state index is 10.6. The molecule has 0 aromatic heterocycles. The number of carbonyl (C=O) groups is 1. The van der Waals surface area contributed by atoms with Crippen LogP contribution in [0.4, 0.5) is 0 Å². The maximum absolute atomic E-state index is 10.6. The second-order valence-electron chi connectivity index (χ2n) is 5.14. The van der Waals surface area contributed by atoms with Crippen molar-refractivity contribution in [1.29, 1.82) is 0 Å². The van der Waals surface area contributed by atoms with Crippen molar-refractivity contribution < 1.29 is 19.4 Å². The van der Waals surface area contributed by atoms with Gasteiger partial charge in [0.2, 0.25) is 0 Å². The number of benzene rings is 1. The highest BCUT2D eigenvalue weighted by molar-refractivity contribution is 6.32. The molecule has 0 fully saturated rings. The Hall–Kier alpha value is -1.52. The standard InChI is InChI=1S/C15H19ClO4/c1-15(2,3)20-10-9-19-14-11(7-8-13(17)18)5-4-6-12(14)16/h4-8H,9-10H2,1-3H3,(H,17,18)/b8-7+. The second kappa shape index (κ2) is 7.31. The molecule has 0 aliphatic heterocycles. The van der Waals surface area contributed by atoms with Crippen LogP contribution < -0.4 is 4.74 Å². The molecule has 0 bridgehead atoms. The minimum Gasteiger partial charge on any atom is -0.489 e. The van der Waals surface area contributed by atoms with Crippen LogP contribution in [0.5, 0.6) is 5.75 Å². The van der Waals surface area contributed by atoms with Gasteiger partial charge in [0.25, 0.3) is 0 Å². The summed E-state index contributed by atoms with van der Waals surface area (Å²) in [5.41, 5.74) is 0.395. The fraction of sp³-hybridized carbons (Fsp3) is 0.400. The zero-order valence-corrected chi connectivity index (χ0v) is 12.6. The molecule has 0 amide bonds. The van der Waals surface area contributed by atoms with Crippen LogP contribution in [0.3, 0.4) is 0 Å². The summed E-state index contributed by atoms with van der Waals surface area (Å²) in [4.78, 5) is 10.6. The van der Waals surface area contributed by atoms with E-state index in [0.29, 0.717) is 29.5 Å². The first kappa shape index (κ1) is 16.5. The van der Waals surface area contributed by atoms with Gasteiger partial charge < -0.3 is 14.6 Å². The summed E-state index contributed by atoms with van der Waals surface area (Å²) >= 11 is 6.07. The molecule has 0 saturated carbocycles. The van der Waals surface area contributed by atoms with Gasteiger partial charge in [0.1, 0.15) is 12.4 Å². The number of carboxylic acid groups (broad SMARTS) is 1. The van der Waals surface area contributed by atoms with Crippen molar-refractivity contribution in [3.8, 4) is 5.75 Å². The molecular weight excluding hydrogens is 280 g/mol. The third-order valence-corrected chi connectivity index (χ3v) is 2.57. The quantitative estimate of drug-likeness (QED) is 0.643. The first-order chi connectivity index (χ1) is 9.29. The third-order valence-electron chi connectivity index (χ3n) is 2.27. The smallest absolute Gasteiger partial charge is 0.328 e. The van der Waals surface area contributed by atoms with Crippen LogP contribution in [0.25, 0.3) is 6.08 Å². The number of carboxylic acids is 1. The number of hydrogen-bond donors (Lipinski definition) is 1. The summed E-state index contributed by atoms with van der Waals surface area (Å²) in [6.45, 7) is 6.66. The van der Waals surface area contributed by atoms with Crippen LogP contribution in [-0.4, -0.2) is 29.9 Å². The molecule has 110 valence electrons. The van der Waals surface area contributed by atoms with E-state index >= 15 is 0 Å². The van der Waals surface area contributed by atoms with Gasteiger partial charge in [-0.15, -0.1) is 0 Å². The fourth-order valence-corrected chi connectivity index (χ4v) is 1.70. The van der Waals surface area contributed by atoms with Crippen molar-refractivity contribution >= 4 is 23.6 Å². The predicted octanol–water partition coefficient (Wildman–Crippen LogP) is 3.63. The molecule has 1 rings (SSSR count). The number of rotatable bonds is 6. The minimum atomic E-state index is -1.02. The Morgan fingerprint density at radius 3 is 2.65 bits per heavy atom. The molecule has 1 aromatic carbocycles. The lowest BCUT2D eigenvalue weighted by molar-refractivity contribution is -0.131. The molecule has 4 nitrogen and oxygen atoms in total. The molecule has 0 heterocycles. The van der Waals surface area contributed by atoms with E-state index in [-0.39, 0.29) is 5.60 Å². The summed E-state index contributed by atoms with van der Waals surface area (Å²) in [5.74, 6) is -0.559. The summed E-state index contributed by atoms with van der Waals surface area (Å²) in [6, 6.07) is 5.17. The number of para-hydroxylation sites is 1. The Balaban J connectivity index is 2.71. The Morgan fingerprint density at radius 1 is 1.35 bits per heavy atom. The minimum absolute atomic E-state index is 0.226. The van der Waals surface area contributed by atoms with Crippen molar-refractivity contribution in [2.75, 3.05) is 13.2 Å². The molecular formula is C15H19ClO4. The lowest BCUT2D eigenvalue weighted by atomic mass is 10.2. The lowest BCUT2D eigenvalue weighted by Gasteiger charge is -2.20. The second-order valence-corrected chi connectivity index (χ2v) is 5.55. The Labute approximate surface area is 124 Å². The summed E-state index contributed by atoms with van der Waals surface area (Å²) in [6.07, 6.45) is 2.50.